The molecule has 0 aliphatic carbocycles. The lowest BCUT2D eigenvalue weighted by Gasteiger charge is -2.10. The first-order chi connectivity index (χ1) is 8.34. The van der Waals surface area contributed by atoms with Gasteiger partial charge in [-0.05, 0) is 18.6 Å². The third-order valence-electron chi connectivity index (χ3n) is 2.37. The van der Waals surface area contributed by atoms with Gasteiger partial charge in [0, 0.05) is 18.8 Å². The number of carbonyl (C=O) groups excluding carboxylic acids is 1. The Morgan fingerprint density at radius 1 is 1.50 bits per heavy atom. The first kappa shape index (κ1) is 14.4. The Labute approximate surface area is 102 Å². The monoisotopic (exact) mass is 261 g/mol. The van der Waals surface area contributed by atoms with Gasteiger partial charge in [-0.2, -0.15) is 13.2 Å². The Kier molecular flexibility index (Phi) is 4.66. The van der Waals surface area contributed by atoms with Crippen LogP contribution < -0.4 is 11.1 Å². The number of alkyl halides is 3. The number of aromatic nitrogens is 1. The highest BCUT2D eigenvalue weighted by molar-refractivity contribution is 5.93. The summed E-state index contributed by atoms with van der Waals surface area (Å²) < 4.78 is 36.7. The molecule has 4 nitrogen and oxygen atoms in total. The lowest BCUT2D eigenvalue weighted by molar-refractivity contribution is -0.141. The number of amides is 1. The molecule has 0 saturated heterocycles. The van der Waals surface area contributed by atoms with Gasteiger partial charge in [-0.3, -0.25) is 9.78 Å². The molecular weight excluding hydrogens is 247 g/mol. The van der Waals surface area contributed by atoms with Crippen LogP contribution in [0.2, 0.25) is 0 Å². The zero-order chi connectivity index (χ0) is 13.8. The number of hydrogen-bond acceptors (Lipinski definition) is 3. The zero-order valence-electron chi connectivity index (χ0n) is 9.79. The summed E-state index contributed by atoms with van der Waals surface area (Å²) >= 11 is 0. The third-order valence-corrected chi connectivity index (χ3v) is 2.37. The van der Waals surface area contributed by atoms with E-state index in [4.69, 9.17) is 5.73 Å². The number of nitrogens with one attached hydrogen (secondary N) is 1. The Bertz CT molecular complexity index is 403. The minimum atomic E-state index is -4.50. The second-order valence-electron chi connectivity index (χ2n) is 3.81. The van der Waals surface area contributed by atoms with Gasteiger partial charge in [-0.15, -0.1) is 0 Å². The van der Waals surface area contributed by atoms with Crippen LogP contribution in [0, 0.1) is 0 Å². The highest BCUT2D eigenvalue weighted by Crippen LogP contribution is 2.27. The van der Waals surface area contributed by atoms with Gasteiger partial charge in [0.05, 0.1) is 5.56 Å². The van der Waals surface area contributed by atoms with Crippen LogP contribution in [0.1, 0.15) is 29.4 Å². The molecule has 0 spiro atoms. The SMILES string of the molecule is CCC(N)CNC(=O)c1ccc(C(F)(F)F)nc1. The molecule has 0 aromatic carbocycles. The van der Waals surface area contributed by atoms with E-state index in [0.717, 1.165) is 18.3 Å². The quantitative estimate of drug-likeness (QED) is 0.864. The van der Waals surface area contributed by atoms with Crippen LogP contribution in [-0.4, -0.2) is 23.5 Å². The zero-order valence-corrected chi connectivity index (χ0v) is 9.79. The highest BCUT2D eigenvalue weighted by Gasteiger charge is 2.32. The van der Waals surface area contributed by atoms with Crippen molar-refractivity contribution in [1.82, 2.24) is 10.3 Å². The summed E-state index contributed by atoms with van der Waals surface area (Å²) in [5.41, 5.74) is 4.65. The van der Waals surface area contributed by atoms with E-state index < -0.39 is 17.8 Å². The van der Waals surface area contributed by atoms with Crippen LogP contribution in [0.4, 0.5) is 13.2 Å². The highest BCUT2D eigenvalue weighted by atomic mass is 19.4. The van der Waals surface area contributed by atoms with Gasteiger partial charge >= 0.3 is 6.18 Å². The van der Waals surface area contributed by atoms with Crippen molar-refractivity contribution in [2.75, 3.05) is 6.54 Å². The molecule has 1 aromatic rings. The van der Waals surface area contributed by atoms with E-state index in [-0.39, 0.29) is 18.2 Å². The maximum absolute atomic E-state index is 12.2. The number of nitrogens with two attached hydrogens (primary N) is 1. The topological polar surface area (TPSA) is 68.0 Å². The predicted octanol–water partition coefficient (Wildman–Crippen LogP) is 1.57. The lowest BCUT2D eigenvalue weighted by Crippen LogP contribution is -2.36. The number of halogens is 3. The second kappa shape index (κ2) is 5.81. The first-order valence-corrected chi connectivity index (χ1v) is 5.41. The molecule has 1 heterocycles. The van der Waals surface area contributed by atoms with Crippen LogP contribution in [-0.2, 0) is 6.18 Å². The normalized spacial score (nSPS) is 13.2. The summed E-state index contributed by atoms with van der Waals surface area (Å²) in [6.07, 6.45) is -2.90. The van der Waals surface area contributed by atoms with Crippen LogP contribution in [0.25, 0.3) is 0 Å². The van der Waals surface area contributed by atoms with E-state index >= 15 is 0 Å². The fourth-order valence-corrected chi connectivity index (χ4v) is 1.17. The standard InChI is InChI=1S/C11H14F3N3O/c1-2-8(15)6-17-10(18)7-3-4-9(16-5-7)11(12,13)14/h3-5,8H,2,6,15H2,1H3,(H,17,18). The number of rotatable bonds is 4. The fourth-order valence-electron chi connectivity index (χ4n) is 1.17. The first-order valence-electron chi connectivity index (χ1n) is 5.41. The Balaban J connectivity index is 2.65. The van der Waals surface area contributed by atoms with Crippen LogP contribution in [0.15, 0.2) is 18.3 Å². The van der Waals surface area contributed by atoms with Crippen molar-refractivity contribution in [1.29, 1.82) is 0 Å². The molecule has 0 fully saturated rings. The molecule has 3 N–H and O–H groups in total. The van der Waals surface area contributed by atoms with Gasteiger partial charge in [0.2, 0.25) is 0 Å². The molecule has 1 atom stereocenters. The molecule has 1 unspecified atom stereocenters. The molecular formula is C11H14F3N3O. The number of hydrogen-bond donors (Lipinski definition) is 2. The predicted molar refractivity (Wildman–Crippen MR) is 59.8 cm³/mol. The molecule has 0 aliphatic rings. The average Bonchev–Trinajstić information content (AvgIpc) is 2.34. The molecule has 7 heteroatoms. The van der Waals surface area contributed by atoms with Gasteiger partial charge in [-0.1, -0.05) is 6.92 Å². The fraction of sp³-hybridized carbons (Fsp3) is 0.455. The van der Waals surface area contributed by atoms with Crippen LogP contribution in [0.3, 0.4) is 0 Å². The van der Waals surface area contributed by atoms with Crippen molar-refractivity contribution in [2.45, 2.75) is 25.6 Å². The molecule has 0 bridgehead atoms. The van der Waals surface area contributed by atoms with Crippen molar-refractivity contribution in [3.63, 3.8) is 0 Å². The molecule has 0 radical (unpaired) electrons. The summed E-state index contributed by atoms with van der Waals surface area (Å²) in [5, 5.41) is 2.52. The molecule has 0 saturated carbocycles. The van der Waals surface area contributed by atoms with Gasteiger partial charge in [-0.25, -0.2) is 0 Å². The number of carbonyl (C=O) groups is 1. The van der Waals surface area contributed by atoms with E-state index in [1.54, 1.807) is 0 Å². The van der Waals surface area contributed by atoms with E-state index in [2.05, 4.69) is 10.3 Å². The minimum absolute atomic E-state index is 0.0753. The molecule has 1 amide bonds. The number of nitrogens with zero attached hydrogens (tertiary/aromatic N) is 1. The summed E-state index contributed by atoms with van der Waals surface area (Å²) in [5.74, 6) is -0.486. The largest absolute Gasteiger partial charge is 0.433 e. The molecule has 18 heavy (non-hydrogen) atoms. The smallest absolute Gasteiger partial charge is 0.350 e. The Morgan fingerprint density at radius 2 is 2.17 bits per heavy atom. The van der Waals surface area contributed by atoms with E-state index in [1.807, 2.05) is 6.92 Å². The molecule has 0 aliphatic heterocycles. The van der Waals surface area contributed by atoms with E-state index in [1.165, 1.54) is 0 Å². The average molecular weight is 261 g/mol. The van der Waals surface area contributed by atoms with Gasteiger partial charge in [0.25, 0.3) is 5.91 Å². The van der Waals surface area contributed by atoms with E-state index in [9.17, 15) is 18.0 Å². The second-order valence-corrected chi connectivity index (χ2v) is 3.81. The molecule has 1 aromatic heterocycles. The van der Waals surface area contributed by atoms with Crippen molar-refractivity contribution in [3.8, 4) is 0 Å². The Hall–Kier alpha value is -1.63. The summed E-state index contributed by atoms with van der Waals surface area (Å²) in [7, 11) is 0. The van der Waals surface area contributed by atoms with Gasteiger partial charge < -0.3 is 11.1 Å². The van der Waals surface area contributed by atoms with E-state index in [0.29, 0.717) is 6.42 Å². The minimum Gasteiger partial charge on any atom is -0.350 e. The number of pyridine rings is 1. The van der Waals surface area contributed by atoms with Crippen molar-refractivity contribution in [3.05, 3.63) is 29.6 Å². The third kappa shape index (κ3) is 3.99. The summed E-state index contributed by atoms with van der Waals surface area (Å²) in [6, 6.07) is 1.69. The maximum atomic E-state index is 12.2. The van der Waals surface area contributed by atoms with Crippen LogP contribution in [0.5, 0.6) is 0 Å². The maximum Gasteiger partial charge on any atom is 0.433 e. The van der Waals surface area contributed by atoms with Crippen molar-refractivity contribution < 1.29 is 18.0 Å². The summed E-state index contributed by atoms with van der Waals surface area (Å²) in [4.78, 5) is 14.7. The van der Waals surface area contributed by atoms with Gasteiger partial charge in [0.1, 0.15) is 5.69 Å². The van der Waals surface area contributed by atoms with Crippen LogP contribution >= 0.6 is 0 Å². The molecule has 1 rings (SSSR count). The van der Waals surface area contributed by atoms with Crippen molar-refractivity contribution in [2.24, 2.45) is 5.73 Å². The van der Waals surface area contributed by atoms with Crippen molar-refractivity contribution >= 4 is 5.91 Å². The lowest BCUT2D eigenvalue weighted by atomic mass is 10.2. The molecule has 100 valence electrons. The van der Waals surface area contributed by atoms with Gasteiger partial charge in [0.15, 0.2) is 0 Å². The Morgan fingerprint density at radius 3 is 2.61 bits per heavy atom. The summed E-state index contributed by atoms with van der Waals surface area (Å²) in [6.45, 7) is 2.15.